The molecule has 1 fully saturated rings. The summed E-state index contributed by atoms with van der Waals surface area (Å²) in [5, 5.41) is 0. The van der Waals surface area contributed by atoms with E-state index in [0.29, 0.717) is 19.8 Å². The Kier molecular flexibility index (Phi) is 6.48. The number of hydrogen-bond acceptors (Lipinski definition) is 7. The summed E-state index contributed by atoms with van der Waals surface area (Å²) in [6.45, 7) is 1.01. The molecule has 0 radical (unpaired) electrons. The summed E-state index contributed by atoms with van der Waals surface area (Å²) in [7, 11) is 4.67. The van der Waals surface area contributed by atoms with Crippen LogP contribution < -0.4 is 11.2 Å². The highest BCUT2D eigenvalue weighted by Gasteiger charge is 2.47. The van der Waals surface area contributed by atoms with Crippen LogP contribution in [0.15, 0.2) is 15.8 Å². The van der Waals surface area contributed by atoms with Crippen LogP contribution >= 0.6 is 0 Å². The Morgan fingerprint density at radius 1 is 1.13 bits per heavy atom. The maximum Gasteiger partial charge on any atom is 0.325 e. The van der Waals surface area contributed by atoms with Crippen molar-refractivity contribution in [2.75, 3.05) is 41.2 Å². The number of aromatic nitrogens is 2. The summed E-state index contributed by atoms with van der Waals surface area (Å²) >= 11 is 0. The number of nitrogens with one attached hydrogen (secondary N) is 2. The second-order valence-electron chi connectivity index (χ2n) is 5.11. The number of ether oxygens (including phenoxy) is 5. The number of rotatable bonds is 8. The summed E-state index contributed by atoms with van der Waals surface area (Å²) in [5.41, 5.74) is -0.829. The Morgan fingerprint density at radius 3 is 2.52 bits per heavy atom. The normalized spacial score (nSPS) is 27.4. The second kappa shape index (κ2) is 8.37. The van der Waals surface area contributed by atoms with Gasteiger partial charge in [-0.1, -0.05) is 0 Å². The summed E-state index contributed by atoms with van der Waals surface area (Å²) in [4.78, 5) is 27.9. The SMILES string of the molecule is COCCO[C@H]1C(OC)[C@@H](COC)O[C@H]1c1c[nH]c(=O)[nH]c1=O. The van der Waals surface area contributed by atoms with Crippen LogP contribution in [0.5, 0.6) is 0 Å². The van der Waals surface area contributed by atoms with Gasteiger partial charge in [0.2, 0.25) is 0 Å². The molecule has 0 bridgehead atoms. The highest BCUT2D eigenvalue weighted by molar-refractivity contribution is 5.14. The molecule has 23 heavy (non-hydrogen) atoms. The van der Waals surface area contributed by atoms with Gasteiger partial charge in [0.25, 0.3) is 5.56 Å². The van der Waals surface area contributed by atoms with E-state index in [9.17, 15) is 9.59 Å². The quantitative estimate of drug-likeness (QED) is 0.600. The molecule has 130 valence electrons. The van der Waals surface area contributed by atoms with Crippen LogP contribution in [0.3, 0.4) is 0 Å². The molecule has 9 heteroatoms. The summed E-state index contributed by atoms with van der Waals surface area (Å²) in [6, 6.07) is 0. The lowest BCUT2D eigenvalue weighted by atomic mass is 10.0. The molecule has 0 aromatic carbocycles. The molecule has 9 nitrogen and oxygen atoms in total. The fourth-order valence-corrected chi connectivity index (χ4v) is 2.64. The standard InChI is InChI=1S/C14H22N2O7/c1-19-4-5-22-12-10(8-6-15-14(18)16-13(8)17)23-9(7-20-2)11(12)21-3/h6,9-12H,4-5,7H2,1-3H3,(H2,15,16,17,18)/t9-,10+,11?,12-/m1/s1. The van der Waals surface area contributed by atoms with Crippen molar-refractivity contribution in [3.63, 3.8) is 0 Å². The molecule has 2 heterocycles. The minimum atomic E-state index is -0.683. The van der Waals surface area contributed by atoms with Gasteiger partial charge in [0, 0.05) is 27.5 Å². The van der Waals surface area contributed by atoms with E-state index in [4.69, 9.17) is 23.7 Å². The number of aromatic amines is 2. The first-order valence-corrected chi connectivity index (χ1v) is 7.22. The van der Waals surface area contributed by atoms with Gasteiger partial charge in [-0.05, 0) is 0 Å². The topological polar surface area (TPSA) is 112 Å². The van der Waals surface area contributed by atoms with Crippen LogP contribution in [0, 0.1) is 0 Å². The van der Waals surface area contributed by atoms with E-state index in [1.54, 1.807) is 21.3 Å². The highest BCUT2D eigenvalue weighted by Crippen LogP contribution is 2.35. The van der Waals surface area contributed by atoms with Crippen LogP contribution in [0.25, 0.3) is 0 Å². The van der Waals surface area contributed by atoms with Gasteiger partial charge in [0.1, 0.15) is 24.4 Å². The summed E-state index contributed by atoms with van der Waals surface area (Å²) < 4.78 is 27.3. The Bertz CT molecular complexity index is 599. The lowest BCUT2D eigenvalue weighted by Crippen LogP contribution is -2.38. The first-order chi connectivity index (χ1) is 11.1. The van der Waals surface area contributed by atoms with E-state index >= 15 is 0 Å². The van der Waals surface area contributed by atoms with E-state index in [1.807, 2.05) is 0 Å². The van der Waals surface area contributed by atoms with Gasteiger partial charge in [-0.15, -0.1) is 0 Å². The number of H-pyrrole nitrogens is 2. The maximum absolute atomic E-state index is 12.1. The largest absolute Gasteiger partial charge is 0.382 e. The predicted molar refractivity (Wildman–Crippen MR) is 79.6 cm³/mol. The smallest absolute Gasteiger partial charge is 0.325 e. The Balaban J connectivity index is 2.29. The van der Waals surface area contributed by atoms with Gasteiger partial charge in [-0.2, -0.15) is 0 Å². The van der Waals surface area contributed by atoms with Gasteiger partial charge >= 0.3 is 5.69 Å². The maximum atomic E-state index is 12.1. The zero-order valence-electron chi connectivity index (χ0n) is 13.4. The molecule has 1 aromatic heterocycles. The minimum absolute atomic E-state index is 0.271. The fourth-order valence-electron chi connectivity index (χ4n) is 2.64. The number of methoxy groups -OCH3 is 3. The molecule has 1 saturated heterocycles. The van der Waals surface area contributed by atoms with Gasteiger partial charge in [0.15, 0.2) is 0 Å². The van der Waals surface area contributed by atoms with Crippen molar-refractivity contribution in [3.05, 3.63) is 32.6 Å². The molecule has 2 N–H and O–H groups in total. The van der Waals surface area contributed by atoms with E-state index in [-0.39, 0.29) is 5.56 Å². The van der Waals surface area contributed by atoms with Crippen molar-refractivity contribution in [3.8, 4) is 0 Å². The monoisotopic (exact) mass is 330 g/mol. The molecule has 1 aliphatic heterocycles. The Labute approximate surface area is 132 Å². The molecule has 1 unspecified atom stereocenters. The lowest BCUT2D eigenvalue weighted by molar-refractivity contribution is -0.0659. The van der Waals surface area contributed by atoms with Crippen LogP contribution in [0.2, 0.25) is 0 Å². The number of hydrogen-bond donors (Lipinski definition) is 2. The molecule has 4 atom stereocenters. The van der Waals surface area contributed by atoms with Gasteiger partial charge in [-0.25, -0.2) is 4.79 Å². The van der Waals surface area contributed by atoms with Crippen molar-refractivity contribution >= 4 is 0 Å². The Morgan fingerprint density at radius 2 is 1.91 bits per heavy atom. The third kappa shape index (κ3) is 4.06. The fraction of sp³-hybridized carbons (Fsp3) is 0.714. The molecule has 1 aliphatic rings. The second-order valence-corrected chi connectivity index (χ2v) is 5.11. The van der Waals surface area contributed by atoms with Crippen molar-refractivity contribution in [2.24, 2.45) is 0 Å². The van der Waals surface area contributed by atoms with Gasteiger partial charge in [-0.3, -0.25) is 9.78 Å². The average Bonchev–Trinajstić information content (AvgIpc) is 2.85. The van der Waals surface area contributed by atoms with E-state index in [1.165, 1.54) is 6.20 Å². The first kappa shape index (κ1) is 17.8. The summed E-state index contributed by atoms with van der Waals surface area (Å²) in [6.07, 6.45) is -0.683. The van der Waals surface area contributed by atoms with Gasteiger partial charge < -0.3 is 28.7 Å². The molecular formula is C14H22N2O7. The third-order valence-corrected chi connectivity index (χ3v) is 3.67. The van der Waals surface area contributed by atoms with Crippen molar-refractivity contribution in [1.82, 2.24) is 9.97 Å². The van der Waals surface area contributed by atoms with Gasteiger partial charge in [0.05, 0.1) is 25.4 Å². The van der Waals surface area contributed by atoms with E-state index in [0.717, 1.165) is 0 Å². The molecule has 0 amide bonds. The third-order valence-electron chi connectivity index (χ3n) is 3.67. The molecule has 0 aliphatic carbocycles. The van der Waals surface area contributed by atoms with Crippen LogP contribution in [-0.4, -0.2) is 69.4 Å². The zero-order valence-corrected chi connectivity index (χ0v) is 13.4. The predicted octanol–water partition coefficient (Wildman–Crippen LogP) is -0.804. The highest BCUT2D eigenvalue weighted by atomic mass is 16.6. The Hall–Kier alpha value is -1.52. The molecule has 0 saturated carbocycles. The molecule has 0 spiro atoms. The van der Waals surface area contributed by atoms with Crippen molar-refractivity contribution < 1.29 is 23.7 Å². The molecular weight excluding hydrogens is 308 g/mol. The van der Waals surface area contributed by atoms with Crippen molar-refractivity contribution in [1.29, 1.82) is 0 Å². The van der Waals surface area contributed by atoms with Crippen LogP contribution in [-0.2, 0) is 23.7 Å². The average molecular weight is 330 g/mol. The van der Waals surface area contributed by atoms with Crippen LogP contribution in [0.4, 0.5) is 0 Å². The lowest BCUT2D eigenvalue weighted by Gasteiger charge is -2.23. The zero-order chi connectivity index (χ0) is 16.8. The van der Waals surface area contributed by atoms with Crippen molar-refractivity contribution in [2.45, 2.75) is 24.4 Å². The minimum Gasteiger partial charge on any atom is -0.382 e. The first-order valence-electron chi connectivity index (χ1n) is 7.22. The summed E-state index contributed by atoms with van der Waals surface area (Å²) in [5.74, 6) is 0. The molecule has 1 aromatic rings. The van der Waals surface area contributed by atoms with E-state index < -0.39 is 35.7 Å². The van der Waals surface area contributed by atoms with Crippen LogP contribution in [0.1, 0.15) is 11.7 Å². The molecule has 2 rings (SSSR count). The van der Waals surface area contributed by atoms with E-state index in [2.05, 4.69) is 9.97 Å².